The van der Waals surface area contributed by atoms with Crippen LogP contribution < -0.4 is 10.6 Å². The number of nitrogens with two attached hydrogens (primary N) is 1. The van der Waals surface area contributed by atoms with Crippen molar-refractivity contribution in [3.05, 3.63) is 10.6 Å². The fraction of sp³-hybridized carbons (Fsp3) is 0.769. The first-order chi connectivity index (χ1) is 8.05. The van der Waals surface area contributed by atoms with Crippen LogP contribution in [0.15, 0.2) is 0 Å². The van der Waals surface area contributed by atoms with Crippen LogP contribution >= 0.6 is 11.3 Å². The summed E-state index contributed by atoms with van der Waals surface area (Å²) < 4.78 is 0. The Kier molecular flexibility index (Phi) is 3.73. The van der Waals surface area contributed by atoms with Crippen molar-refractivity contribution in [2.75, 3.05) is 18.0 Å². The van der Waals surface area contributed by atoms with E-state index < -0.39 is 0 Å². The van der Waals surface area contributed by atoms with Gasteiger partial charge < -0.3 is 10.6 Å². The van der Waals surface area contributed by atoms with Crippen molar-refractivity contribution < 1.29 is 0 Å². The summed E-state index contributed by atoms with van der Waals surface area (Å²) in [6, 6.07) is 0. The number of hydrogen-bond acceptors (Lipinski definition) is 4. The molecule has 1 aromatic heterocycles. The first-order valence-electron chi connectivity index (χ1n) is 6.49. The van der Waals surface area contributed by atoms with Gasteiger partial charge in [-0.1, -0.05) is 20.8 Å². The minimum atomic E-state index is 0.416. The number of aryl methyl sites for hydroxylation is 1. The van der Waals surface area contributed by atoms with Gasteiger partial charge in [0.05, 0.1) is 5.69 Å². The molecule has 1 fully saturated rings. The molecule has 1 aromatic rings. The van der Waals surface area contributed by atoms with Gasteiger partial charge in [-0.15, -0.1) is 11.3 Å². The lowest BCUT2D eigenvalue weighted by molar-refractivity contribution is 0.293. The second-order valence-corrected chi connectivity index (χ2v) is 6.68. The Morgan fingerprint density at radius 2 is 2.24 bits per heavy atom. The summed E-state index contributed by atoms with van der Waals surface area (Å²) in [6.07, 6.45) is 3.57. The molecule has 1 aliphatic heterocycles. The molecule has 1 saturated heterocycles. The normalized spacial score (nSPS) is 19.6. The molecule has 2 N–H and O–H groups in total. The number of hydrogen-bond donors (Lipinski definition) is 1. The summed E-state index contributed by atoms with van der Waals surface area (Å²) in [5.74, 6) is 0. The summed E-state index contributed by atoms with van der Waals surface area (Å²) >= 11 is 1.78. The second-order valence-electron chi connectivity index (χ2n) is 5.61. The van der Waals surface area contributed by atoms with Crippen molar-refractivity contribution in [1.82, 2.24) is 4.98 Å². The fourth-order valence-electron chi connectivity index (χ4n) is 2.53. The maximum absolute atomic E-state index is 5.77. The zero-order chi connectivity index (χ0) is 12.5. The molecule has 17 heavy (non-hydrogen) atoms. The zero-order valence-electron chi connectivity index (χ0n) is 11.1. The Bertz CT molecular complexity index is 363. The van der Waals surface area contributed by atoms with E-state index in [0.29, 0.717) is 12.0 Å². The summed E-state index contributed by atoms with van der Waals surface area (Å²) in [6.45, 7) is 9.72. The molecule has 2 rings (SSSR count). The quantitative estimate of drug-likeness (QED) is 0.900. The van der Waals surface area contributed by atoms with Crippen LogP contribution in [0.3, 0.4) is 0 Å². The molecule has 0 spiro atoms. The molecule has 3 nitrogen and oxygen atoms in total. The van der Waals surface area contributed by atoms with Gasteiger partial charge in [0.2, 0.25) is 0 Å². The number of piperidine rings is 1. The van der Waals surface area contributed by atoms with E-state index in [-0.39, 0.29) is 0 Å². The highest BCUT2D eigenvalue weighted by molar-refractivity contribution is 7.15. The summed E-state index contributed by atoms with van der Waals surface area (Å²) in [5, 5.41) is 1.18. The summed E-state index contributed by atoms with van der Waals surface area (Å²) in [4.78, 5) is 8.45. The molecule has 0 saturated carbocycles. The third-order valence-electron chi connectivity index (χ3n) is 3.46. The molecule has 2 heterocycles. The molecule has 0 aromatic carbocycles. The van der Waals surface area contributed by atoms with Crippen molar-refractivity contribution in [1.29, 1.82) is 0 Å². The highest BCUT2D eigenvalue weighted by atomic mass is 32.1. The molecule has 96 valence electrons. The van der Waals surface area contributed by atoms with Crippen LogP contribution in [0.2, 0.25) is 0 Å². The number of thiazole rings is 1. The molecule has 0 bridgehead atoms. The van der Waals surface area contributed by atoms with Crippen LogP contribution in [0.5, 0.6) is 0 Å². The SMILES string of the molecule is CCc1nc(N2CCCC(C)(C)C2)sc1CN. The van der Waals surface area contributed by atoms with Crippen LogP contribution in [0.4, 0.5) is 5.13 Å². The van der Waals surface area contributed by atoms with Gasteiger partial charge in [-0.2, -0.15) is 0 Å². The predicted octanol–water partition coefficient (Wildman–Crippen LogP) is 2.79. The van der Waals surface area contributed by atoms with Crippen molar-refractivity contribution >= 4 is 16.5 Å². The van der Waals surface area contributed by atoms with Gasteiger partial charge in [-0.3, -0.25) is 0 Å². The molecule has 4 heteroatoms. The van der Waals surface area contributed by atoms with Crippen LogP contribution in [0, 0.1) is 5.41 Å². The van der Waals surface area contributed by atoms with E-state index in [1.807, 2.05) is 0 Å². The smallest absolute Gasteiger partial charge is 0.185 e. The third kappa shape index (κ3) is 2.80. The largest absolute Gasteiger partial charge is 0.348 e. The van der Waals surface area contributed by atoms with Crippen molar-refractivity contribution in [3.63, 3.8) is 0 Å². The molecule has 0 radical (unpaired) electrons. The molecule has 0 atom stereocenters. The minimum absolute atomic E-state index is 0.416. The van der Waals surface area contributed by atoms with E-state index in [1.54, 1.807) is 11.3 Å². The standard InChI is InChI=1S/C13H23N3S/c1-4-10-11(8-14)17-12(15-10)16-7-5-6-13(2,3)9-16/h4-9,14H2,1-3H3. The Morgan fingerprint density at radius 3 is 2.76 bits per heavy atom. The van der Waals surface area contributed by atoms with Crippen LogP contribution in [0.25, 0.3) is 0 Å². The van der Waals surface area contributed by atoms with Gasteiger partial charge in [0.1, 0.15) is 0 Å². The van der Waals surface area contributed by atoms with Gasteiger partial charge in [0.15, 0.2) is 5.13 Å². The maximum Gasteiger partial charge on any atom is 0.185 e. The Balaban J connectivity index is 2.19. The van der Waals surface area contributed by atoms with Crippen LogP contribution in [-0.2, 0) is 13.0 Å². The van der Waals surface area contributed by atoms with E-state index in [2.05, 4.69) is 25.7 Å². The molecule has 1 aliphatic rings. The lowest BCUT2D eigenvalue weighted by Gasteiger charge is -2.37. The Hall–Kier alpha value is -0.610. The lowest BCUT2D eigenvalue weighted by Crippen LogP contribution is -2.40. The van der Waals surface area contributed by atoms with E-state index in [1.165, 1.54) is 28.5 Å². The molecular formula is C13H23N3S. The first-order valence-corrected chi connectivity index (χ1v) is 7.31. The molecule has 0 aliphatic carbocycles. The number of rotatable bonds is 3. The summed E-state index contributed by atoms with van der Waals surface area (Å²) in [5.41, 5.74) is 7.38. The van der Waals surface area contributed by atoms with Crippen LogP contribution in [0.1, 0.15) is 44.2 Å². The van der Waals surface area contributed by atoms with Gasteiger partial charge in [0.25, 0.3) is 0 Å². The second kappa shape index (κ2) is 4.94. The monoisotopic (exact) mass is 253 g/mol. The van der Waals surface area contributed by atoms with Gasteiger partial charge >= 0.3 is 0 Å². The topological polar surface area (TPSA) is 42.2 Å². The zero-order valence-corrected chi connectivity index (χ0v) is 11.9. The van der Waals surface area contributed by atoms with E-state index in [9.17, 15) is 0 Å². The predicted molar refractivity (Wildman–Crippen MR) is 74.6 cm³/mol. The van der Waals surface area contributed by atoms with Crippen molar-refractivity contribution in [2.45, 2.75) is 46.6 Å². The third-order valence-corrected chi connectivity index (χ3v) is 4.64. The Morgan fingerprint density at radius 1 is 1.47 bits per heavy atom. The van der Waals surface area contributed by atoms with Crippen molar-refractivity contribution in [3.8, 4) is 0 Å². The van der Waals surface area contributed by atoms with Gasteiger partial charge in [0, 0.05) is 24.5 Å². The number of nitrogens with zero attached hydrogens (tertiary/aromatic N) is 2. The average Bonchev–Trinajstić information content (AvgIpc) is 2.70. The molecule has 0 amide bonds. The van der Waals surface area contributed by atoms with Gasteiger partial charge in [-0.05, 0) is 24.7 Å². The summed E-state index contributed by atoms with van der Waals surface area (Å²) in [7, 11) is 0. The number of aromatic nitrogens is 1. The van der Waals surface area contributed by atoms with Gasteiger partial charge in [-0.25, -0.2) is 4.98 Å². The number of anilines is 1. The highest BCUT2D eigenvalue weighted by Gasteiger charge is 2.28. The Labute approximate surface area is 108 Å². The average molecular weight is 253 g/mol. The van der Waals surface area contributed by atoms with Crippen molar-refractivity contribution in [2.24, 2.45) is 11.1 Å². The highest BCUT2D eigenvalue weighted by Crippen LogP contribution is 2.34. The fourth-order valence-corrected chi connectivity index (χ4v) is 3.58. The first kappa shape index (κ1) is 12.8. The minimum Gasteiger partial charge on any atom is -0.348 e. The van der Waals surface area contributed by atoms with E-state index >= 15 is 0 Å². The lowest BCUT2D eigenvalue weighted by atomic mass is 9.84. The van der Waals surface area contributed by atoms with E-state index in [4.69, 9.17) is 10.7 Å². The maximum atomic E-state index is 5.77. The van der Waals surface area contributed by atoms with E-state index in [0.717, 1.165) is 19.5 Å². The van der Waals surface area contributed by atoms with Crippen LogP contribution in [-0.4, -0.2) is 18.1 Å². The molecule has 0 unspecified atom stereocenters. The molecular weight excluding hydrogens is 230 g/mol.